The number of aryl methyl sites for hydroxylation is 1. The Hall–Kier alpha value is -2.40. The molecule has 126 valence electrons. The third kappa shape index (κ3) is 3.92. The number of aromatic nitrogens is 1. The largest absolute Gasteiger partial charge is 0.392 e. The van der Waals surface area contributed by atoms with Crippen LogP contribution in [0.2, 0.25) is 0 Å². The average Bonchev–Trinajstić information content (AvgIpc) is 2.64. The molecule has 2 heterocycles. The van der Waals surface area contributed by atoms with Gasteiger partial charge < -0.3 is 10.0 Å². The first kappa shape index (κ1) is 16.5. The summed E-state index contributed by atoms with van der Waals surface area (Å²) in [6.45, 7) is 3.52. The predicted molar refractivity (Wildman–Crippen MR) is 93.9 cm³/mol. The summed E-state index contributed by atoms with van der Waals surface area (Å²) >= 11 is 0. The number of carbonyl (C=O) groups is 1. The van der Waals surface area contributed by atoms with Gasteiger partial charge in [0.15, 0.2) is 0 Å². The van der Waals surface area contributed by atoms with Gasteiger partial charge in [0, 0.05) is 19.3 Å². The Morgan fingerprint density at radius 2 is 1.92 bits per heavy atom. The summed E-state index contributed by atoms with van der Waals surface area (Å²) in [4.78, 5) is 18.4. The molecule has 5 heteroatoms. The van der Waals surface area contributed by atoms with Crippen LogP contribution in [-0.2, 0) is 6.61 Å². The first-order valence-electron chi connectivity index (χ1n) is 8.34. The zero-order valence-corrected chi connectivity index (χ0v) is 13.9. The van der Waals surface area contributed by atoms with Crippen LogP contribution in [0.3, 0.4) is 0 Å². The molecular formula is C19H23N3O2. The van der Waals surface area contributed by atoms with Gasteiger partial charge in [-0.15, -0.1) is 0 Å². The summed E-state index contributed by atoms with van der Waals surface area (Å²) in [7, 11) is 0. The maximum absolute atomic E-state index is 12.3. The second-order valence-corrected chi connectivity index (χ2v) is 6.31. The topological polar surface area (TPSA) is 65.5 Å². The van der Waals surface area contributed by atoms with Crippen LogP contribution in [-0.4, -0.2) is 34.1 Å². The number of urea groups is 1. The van der Waals surface area contributed by atoms with Gasteiger partial charge in [-0.3, -0.25) is 5.32 Å². The highest BCUT2D eigenvalue weighted by Crippen LogP contribution is 2.28. The zero-order chi connectivity index (χ0) is 16.9. The average molecular weight is 325 g/mol. The molecule has 0 aliphatic carbocycles. The van der Waals surface area contributed by atoms with Gasteiger partial charge >= 0.3 is 6.03 Å². The number of anilines is 1. The van der Waals surface area contributed by atoms with Gasteiger partial charge in [-0.25, -0.2) is 9.78 Å². The minimum Gasteiger partial charge on any atom is -0.392 e. The van der Waals surface area contributed by atoms with Gasteiger partial charge in [0.2, 0.25) is 0 Å². The fourth-order valence-electron chi connectivity index (χ4n) is 3.04. The number of benzene rings is 1. The number of rotatable bonds is 3. The van der Waals surface area contributed by atoms with Gasteiger partial charge in [0.05, 0.1) is 6.61 Å². The lowest BCUT2D eigenvalue weighted by molar-refractivity contribution is 0.194. The maximum Gasteiger partial charge on any atom is 0.323 e. The van der Waals surface area contributed by atoms with E-state index in [9.17, 15) is 4.79 Å². The molecule has 5 nitrogen and oxygen atoms in total. The number of hydrogen-bond donors (Lipinski definition) is 2. The molecular weight excluding hydrogens is 302 g/mol. The number of amides is 2. The van der Waals surface area contributed by atoms with Crippen LogP contribution in [0.15, 0.2) is 42.6 Å². The van der Waals surface area contributed by atoms with E-state index in [1.54, 1.807) is 6.20 Å². The summed E-state index contributed by atoms with van der Waals surface area (Å²) in [6.07, 6.45) is 3.65. The quantitative estimate of drug-likeness (QED) is 0.910. The van der Waals surface area contributed by atoms with Gasteiger partial charge in [-0.05, 0) is 48.4 Å². The molecule has 1 aromatic heterocycles. The van der Waals surface area contributed by atoms with Crippen molar-refractivity contribution in [1.82, 2.24) is 9.88 Å². The van der Waals surface area contributed by atoms with E-state index in [1.165, 1.54) is 5.56 Å². The molecule has 0 bridgehead atoms. The molecule has 1 aliphatic heterocycles. The molecule has 0 atom stereocenters. The third-order valence-electron chi connectivity index (χ3n) is 4.56. The normalized spacial score (nSPS) is 15.3. The van der Waals surface area contributed by atoms with Crippen molar-refractivity contribution in [2.75, 3.05) is 18.4 Å². The Kier molecular flexibility index (Phi) is 5.11. The van der Waals surface area contributed by atoms with E-state index in [4.69, 9.17) is 5.11 Å². The van der Waals surface area contributed by atoms with E-state index in [-0.39, 0.29) is 12.6 Å². The minimum absolute atomic E-state index is 0.0753. The lowest BCUT2D eigenvalue weighted by Crippen LogP contribution is -2.40. The number of aliphatic hydroxyl groups is 1. The second kappa shape index (κ2) is 7.45. The van der Waals surface area contributed by atoms with Gasteiger partial charge in [0.25, 0.3) is 0 Å². The number of piperidine rings is 1. The highest BCUT2D eigenvalue weighted by atomic mass is 16.3. The number of hydrogen-bond acceptors (Lipinski definition) is 3. The van der Waals surface area contributed by atoms with E-state index in [1.807, 2.05) is 36.1 Å². The molecule has 3 rings (SSSR count). The van der Waals surface area contributed by atoms with Crippen LogP contribution in [0, 0.1) is 6.92 Å². The fourth-order valence-corrected chi connectivity index (χ4v) is 3.04. The van der Waals surface area contributed by atoms with Crippen LogP contribution < -0.4 is 5.32 Å². The molecule has 1 aliphatic rings. The smallest absolute Gasteiger partial charge is 0.323 e. The van der Waals surface area contributed by atoms with Crippen LogP contribution in [0.5, 0.6) is 0 Å². The Balaban J connectivity index is 1.54. The van der Waals surface area contributed by atoms with Crippen molar-refractivity contribution in [2.24, 2.45) is 0 Å². The van der Waals surface area contributed by atoms with E-state index >= 15 is 0 Å². The number of nitrogens with one attached hydrogen (secondary N) is 1. The van der Waals surface area contributed by atoms with Crippen LogP contribution in [0.25, 0.3) is 0 Å². The van der Waals surface area contributed by atoms with Crippen LogP contribution in [0.4, 0.5) is 10.6 Å². The standard InChI is InChI=1S/C19H23N3O2/c1-14-2-7-18(20-12-14)21-19(24)22-10-8-17(9-11-22)16-5-3-15(13-23)4-6-16/h2-7,12,17,23H,8-11,13H2,1H3,(H,20,21,24). The Morgan fingerprint density at radius 3 is 2.50 bits per heavy atom. The van der Waals surface area contributed by atoms with Crippen molar-refractivity contribution in [2.45, 2.75) is 32.3 Å². The number of likely N-dealkylation sites (tertiary alicyclic amines) is 1. The van der Waals surface area contributed by atoms with Gasteiger partial charge in [-0.1, -0.05) is 30.3 Å². The molecule has 1 saturated heterocycles. The molecule has 2 N–H and O–H groups in total. The maximum atomic E-state index is 12.3. The SMILES string of the molecule is Cc1ccc(NC(=O)N2CCC(c3ccc(CO)cc3)CC2)nc1. The number of nitrogens with zero attached hydrogens (tertiary/aromatic N) is 2. The highest BCUT2D eigenvalue weighted by Gasteiger charge is 2.24. The molecule has 2 amide bonds. The third-order valence-corrected chi connectivity index (χ3v) is 4.56. The molecule has 0 unspecified atom stereocenters. The van der Waals surface area contributed by atoms with Crippen molar-refractivity contribution >= 4 is 11.8 Å². The van der Waals surface area contributed by atoms with Crippen molar-refractivity contribution in [3.63, 3.8) is 0 Å². The summed E-state index contributed by atoms with van der Waals surface area (Å²) in [5.41, 5.74) is 3.29. The van der Waals surface area contributed by atoms with Crippen molar-refractivity contribution in [1.29, 1.82) is 0 Å². The Morgan fingerprint density at radius 1 is 1.21 bits per heavy atom. The van der Waals surface area contributed by atoms with Crippen LogP contribution >= 0.6 is 0 Å². The molecule has 0 radical (unpaired) electrons. The number of pyridine rings is 1. The van der Waals surface area contributed by atoms with E-state index < -0.39 is 0 Å². The van der Waals surface area contributed by atoms with E-state index in [0.717, 1.165) is 37.1 Å². The van der Waals surface area contributed by atoms with Gasteiger partial charge in [0.1, 0.15) is 5.82 Å². The van der Waals surface area contributed by atoms with Crippen molar-refractivity contribution in [3.8, 4) is 0 Å². The zero-order valence-electron chi connectivity index (χ0n) is 13.9. The molecule has 1 aromatic carbocycles. The van der Waals surface area contributed by atoms with Crippen molar-refractivity contribution < 1.29 is 9.90 Å². The summed E-state index contributed by atoms with van der Waals surface area (Å²) in [5, 5.41) is 12.0. The summed E-state index contributed by atoms with van der Waals surface area (Å²) in [5.74, 6) is 1.06. The fraction of sp³-hybridized carbons (Fsp3) is 0.368. The number of aliphatic hydroxyl groups excluding tert-OH is 1. The lowest BCUT2D eigenvalue weighted by Gasteiger charge is -2.32. The number of carbonyl (C=O) groups excluding carboxylic acids is 1. The lowest BCUT2D eigenvalue weighted by atomic mass is 9.89. The summed E-state index contributed by atoms with van der Waals surface area (Å²) < 4.78 is 0. The highest BCUT2D eigenvalue weighted by molar-refractivity contribution is 5.88. The first-order valence-corrected chi connectivity index (χ1v) is 8.34. The van der Waals surface area contributed by atoms with E-state index in [0.29, 0.717) is 11.7 Å². The van der Waals surface area contributed by atoms with Gasteiger partial charge in [-0.2, -0.15) is 0 Å². The molecule has 1 fully saturated rings. The predicted octanol–water partition coefficient (Wildman–Crippen LogP) is 3.29. The first-order chi connectivity index (χ1) is 11.7. The Labute approximate surface area is 142 Å². The van der Waals surface area contributed by atoms with Crippen LogP contribution in [0.1, 0.15) is 35.4 Å². The van der Waals surface area contributed by atoms with E-state index in [2.05, 4.69) is 22.4 Å². The molecule has 24 heavy (non-hydrogen) atoms. The molecule has 0 saturated carbocycles. The summed E-state index contributed by atoms with van der Waals surface area (Å²) in [6, 6.07) is 11.8. The second-order valence-electron chi connectivity index (χ2n) is 6.31. The molecule has 2 aromatic rings. The monoisotopic (exact) mass is 325 g/mol. The van der Waals surface area contributed by atoms with Crippen molar-refractivity contribution in [3.05, 3.63) is 59.3 Å². The minimum atomic E-state index is -0.0829. The Bertz CT molecular complexity index is 675. The molecule has 0 spiro atoms.